The van der Waals surface area contributed by atoms with E-state index < -0.39 is 0 Å². The first-order valence-electron chi connectivity index (χ1n) is 9.83. The van der Waals surface area contributed by atoms with Crippen LogP contribution in [-0.2, 0) is 13.6 Å². The Bertz CT molecular complexity index is 1170. The highest BCUT2D eigenvalue weighted by Crippen LogP contribution is 2.29. The first-order chi connectivity index (χ1) is 14.6. The summed E-state index contributed by atoms with van der Waals surface area (Å²) in [5, 5.41) is 15.6. The molecule has 9 heteroatoms. The number of anilines is 1. The molecule has 0 radical (unpaired) electrons. The molecule has 162 valence electrons. The number of nitrogens with zero attached hydrogens (tertiary/aromatic N) is 7. The van der Waals surface area contributed by atoms with Gasteiger partial charge in [-0.1, -0.05) is 37.0 Å². The highest BCUT2D eigenvalue weighted by molar-refractivity contribution is 6.32. The Morgan fingerprint density at radius 2 is 1.84 bits per heavy atom. The Morgan fingerprint density at radius 3 is 2.42 bits per heavy atom. The molecule has 31 heavy (non-hydrogen) atoms. The minimum atomic E-state index is 0.286. The van der Waals surface area contributed by atoms with Crippen LogP contribution in [0.2, 0.25) is 10.3 Å². The fourth-order valence-electron chi connectivity index (χ4n) is 3.69. The molecular formula is C22H25Cl2N7. The molecule has 0 spiro atoms. The molecular weight excluding hydrogens is 433 g/mol. The summed E-state index contributed by atoms with van der Waals surface area (Å²) in [7, 11) is 5.67. The molecule has 0 aliphatic rings. The minimum Gasteiger partial charge on any atom is -0.355 e. The van der Waals surface area contributed by atoms with E-state index in [-0.39, 0.29) is 10.3 Å². The van der Waals surface area contributed by atoms with E-state index in [4.69, 9.17) is 28.2 Å². The monoisotopic (exact) mass is 457 g/mol. The topological polar surface area (TPSA) is 73.9 Å². The number of pyridine rings is 2. The van der Waals surface area contributed by atoms with Crippen LogP contribution < -0.4 is 4.90 Å². The summed E-state index contributed by atoms with van der Waals surface area (Å²) in [6.07, 6.45) is 1.48. The van der Waals surface area contributed by atoms with Crippen molar-refractivity contribution >= 4 is 39.9 Å². The number of aromatic nitrogens is 4. The van der Waals surface area contributed by atoms with Crippen molar-refractivity contribution < 1.29 is 0 Å². The number of hydrogen-bond acceptors (Lipinski definition) is 6. The van der Waals surface area contributed by atoms with Gasteiger partial charge in [0.1, 0.15) is 16.1 Å². The van der Waals surface area contributed by atoms with Crippen molar-refractivity contribution in [3.05, 3.63) is 57.4 Å². The van der Waals surface area contributed by atoms with Gasteiger partial charge in [0.2, 0.25) is 0 Å². The fraction of sp³-hybridized carbons (Fsp3) is 0.364. The van der Waals surface area contributed by atoms with E-state index in [1.807, 2.05) is 42.5 Å². The third kappa shape index (κ3) is 4.76. The lowest BCUT2D eigenvalue weighted by Crippen LogP contribution is -2.30. The van der Waals surface area contributed by atoms with Crippen LogP contribution in [0.25, 0.3) is 11.0 Å². The molecule has 0 atom stereocenters. The maximum atomic E-state index is 9.38. The number of nitriles is 1. The van der Waals surface area contributed by atoms with Crippen molar-refractivity contribution in [1.82, 2.24) is 24.6 Å². The molecule has 0 aliphatic carbocycles. The molecule has 3 heterocycles. The highest BCUT2D eigenvalue weighted by Gasteiger charge is 2.19. The smallest absolute Gasteiger partial charge is 0.158 e. The Balaban J connectivity index is 1.99. The van der Waals surface area contributed by atoms with Crippen LogP contribution >= 0.6 is 23.2 Å². The lowest BCUT2D eigenvalue weighted by molar-refractivity contribution is 0.396. The number of rotatable bonds is 6. The van der Waals surface area contributed by atoms with Crippen LogP contribution in [0.1, 0.15) is 36.7 Å². The average molecular weight is 458 g/mol. The van der Waals surface area contributed by atoms with Gasteiger partial charge < -0.3 is 9.80 Å². The maximum Gasteiger partial charge on any atom is 0.158 e. The van der Waals surface area contributed by atoms with Gasteiger partial charge in [0.25, 0.3) is 0 Å². The summed E-state index contributed by atoms with van der Waals surface area (Å²) in [5.41, 5.74) is 4.67. The molecule has 0 amide bonds. The van der Waals surface area contributed by atoms with E-state index in [1.54, 1.807) is 12.1 Å². The molecule has 0 saturated carbocycles. The molecule has 3 aromatic heterocycles. The van der Waals surface area contributed by atoms with Gasteiger partial charge in [0.05, 0.1) is 30.1 Å². The van der Waals surface area contributed by atoms with Gasteiger partial charge in [-0.15, -0.1) is 0 Å². The number of hydrogen-bond donors (Lipinski definition) is 0. The summed E-state index contributed by atoms with van der Waals surface area (Å²) in [4.78, 5) is 12.7. The second-order valence-corrected chi connectivity index (χ2v) is 8.56. The van der Waals surface area contributed by atoms with Crippen molar-refractivity contribution in [2.75, 3.05) is 19.0 Å². The zero-order valence-corrected chi connectivity index (χ0v) is 20.0. The van der Waals surface area contributed by atoms with Crippen LogP contribution in [0.3, 0.4) is 0 Å². The lowest BCUT2D eigenvalue weighted by Gasteiger charge is -2.30. The summed E-state index contributed by atoms with van der Waals surface area (Å²) >= 11 is 12.1. The van der Waals surface area contributed by atoms with Crippen LogP contribution in [0.5, 0.6) is 0 Å². The molecule has 0 bridgehead atoms. The molecule has 7 nitrogen and oxygen atoms in total. The van der Waals surface area contributed by atoms with E-state index in [0.29, 0.717) is 18.3 Å². The van der Waals surface area contributed by atoms with Crippen LogP contribution in [0.15, 0.2) is 30.1 Å². The first kappa shape index (κ1) is 22.9. The van der Waals surface area contributed by atoms with E-state index in [9.17, 15) is 5.26 Å². The molecule has 0 aromatic carbocycles. The van der Waals surface area contributed by atoms with E-state index in [2.05, 4.69) is 36.1 Å². The molecule has 0 fully saturated rings. The van der Waals surface area contributed by atoms with E-state index in [1.165, 1.54) is 11.6 Å². The van der Waals surface area contributed by atoms with Gasteiger partial charge in [-0.2, -0.15) is 10.4 Å². The summed E-state index contributed by atoms with van der Waals surface area (Å²) in [5.74, 6) is 1.00. The van der Waals surface area contributed by atoms with Crippen LogP contribution in [0, 0.1) is 18.3 Å². The Kier molecular flexibility index (Phi) is 6.73. The second-order valence-electron chi connectivity index (χ2n) is 7.78. The summed E-state index contributed by atoms with van der Waals surface area (Å²) in [6, 6.07) is 7.65. The van der Waals surface area contributed by atoms with Crippen molar-refractivity contribution in [2.24, 2.45) is 7.05 Å². The van der Waals surface area contributed by atoms with Crippen LogP contribution in [0.4, 0.5) is 5.69 Å². The van der Waals surface area contributed by atoms with Gasteiger partial charge in [-0.05, 0) is 36.6 Å². The molecule has 3 aromatic rings. The lowest BCUT2D eigenvalue weighted by atomic mass is 9.99. The number of allylic oxidation sites excluding steroid dienone is 1. The molecule has 0 saturated heterocycles. The van der Waals surface area contributed by atoms with Crippen molar-refractivity contribution in [3.8, 4) is 6.07 Å². The third-order valence-electron chi connectivity index (χ3n) is 5.14. The predicted molar refractivity (Wildman–Crippen MR) is 125 cm³/mol. The van der Waals surface area contributed by atoms with Gasteiger partial charge in [-0.25, -0.2) is 9.97 Å². The summed E-state index contributed by atoms with van der Waals surface area (Å²) < 4.78 is 1.82. The molecule has 3 rings (SSSR count). The molecule has 0 aliphatic heterocycles. The average Bonchev–Trinajstić information content (AvgIpc) is 2.97. The fourth-order valence-corrected chi connectivity index (χ4v) is 4.14. The van der Waals surface area contributed by atoms with Crippen LogP contribution in [-0.4, -0.2) is 38.7 Å². The van der Waals surface area contributed by atoms with E-state index in [0.717, 1.165) is 28.1 Å². The normalized spacial score (nSPS) is 11.8. The van der Waals surface area contributed by atoms with Crippen molar-refractivity contribution in [3.63, 3.8) is 0 Å². The number of aryl methyl sites for hydroxylation is 2. The molecule has 0 unspecified atom stereocenters. The minimum absolute atomic E-state index is 0.286. The van der Waals surface area contributed by atoms with Gasteiger partial charge in [-0.3, -0.25) is 4.68 Å². The zero-order chi connectivity index (χ0) is 22.9. The van der Waals surface area contributed by atoms with Gasteiger partial charge in [0, 0.05) is 32.2 Å². The second kappa shape index (κ2) is 9.13. The quantitative estimate of drug-likeness (QED) is 0.381. The Hall–Kier alpha value is -2.82. The van der Waals surface area contributed by atoms with Crippen molar-refractivity contribution in [1.29, 1.82) is 5.26 Å². The SMILES string of the molecule is Cc1nn(C)c2nc(CN(C)/C(=C/C#N)N(C)c3cc(Cl)nc(Cl)c3)cc(C(C)C)c12. The number of fused-ring (bicyclic) bond motifs is 1. The maximum absolute atomic E-state index is 9.38. The van der Waals surface area contributed by atoms with Crippen molar-refractivity contribution in [2.45, 2.75) is 33.2 Å². The first-order valence-corrected chi connectivity index (χ1v) is 10.6. The largest absolute Gasteiger partial charge is 0.355 e. The standard InChI is InChI=1S/C22H25Cl2N7/c1-13(2)17-9-15(26-22-21(17)14(3)28-31(22)6)12-29(4)20(7-8-25)30(5)16-10-18(23)27-19(24)11-16/h7,9-11,13H,12H2,1-6H3/b20-7-. The number of halogens is 2. The van der Waals surface area contributed by atoms with E-state index >= 15 is 0 Å². The van der Waals surface area contributed by atoms with Gasteiger partial charge in [0.15, 0.2) is 5.65 Å². The summed E-state index contributed by atoms with van der Waals surface area (Å²) in [6.45, 7) is 6.85. The highest BCUT2D eigenvalue weighted by atomic mass is 35.5. The zero-order valence-electron chi connectivity index (χ0n) is 18.5. The molecule has 0 N–H and O–H groups in total. The van der Waals surface area contributed by atoms with Gasteiger partial charge >= 0.3 is 0 Å². The Morgan fingerprint density at radius 1 is 1.19 bits per heavy atom. The predicted octanol–water partition coefficient (Wildman–Crippen LogP) is 5.04. The Labute approximate surface area is 192 Å². The third-order valence-corrected chi connectivity index (χ3v) is 5.52.